The van der Waals surface area contributed by atoms with Crippen molar-refractivity contribution in [3.05, 3.63) is 12.0 Å². The number of sulfonamides is 1. The first kappa shape index (κ1) is 17.4. The quantitative estimate of drug-likeness (QED) is 0.781. The molecule has 0 fully saturated rings. The summed E-state index contributed by atoms with van der Waals surface area (Å²) in [6.07, 6.45) is -4.30. The zero-order chi connectivity index (χ0) is 16.3. The predicted molar refractivity (Wildman–Crippen MR) is 64.8 cm³/mol. The number of alkyl halides is 3. The molecule has 0 aliphatic carbocycles. The van der Waals surface area contributed by atoms with E-state index in [0.717, 1.165) is 13.3 Å². The Kier molecular flexibility index (Phi) is 5.34. The van der Waals surface area contributed by atoms with E-state index in [-0.39, 0.29) is 10.1 Å². The second-order valence-electron chi connectivity index (χ2n) is 4.11. The molecule has 0 saturated heterocycles. The van der Waals surface area contributed by atoms with E-state index in [1.165, 1.54) is 6.92 Å². The molecule has 1 heterocycles. The van der Waals surface area contributed by atoms with E-state index < -0.39 is 46.7 Å². The van der Waals surface area contributed by atoms with Gasteiger partial charge in [-0.25, -0.2) is 13.4 Å². The molecule has 1 N–H and O–H groups in total. The van der Waals surface area contributed by atoms with Crippen LogP contribution in [-0.2, 0) is 19.6 Å². The number of ether oxygens (including phenoxy) is 1. The summed E-state index contributed by atoms with van der Waals surface area (Å²) in [6, 6.07) is 0. The van der Waals surface area contributed by atoms with Crippen molar-refractivity contribution in [2.45, 2.75) is 24.5 Å². The number of halogens is 3. The number of carbonyl (C=O) groups is 1. The van der Waals surface area contributed by atoms with Gasteiger partial charge in [0.05, 0.1) is 19.7 Å². The van der Waals surface area contributed by atoms with Crippen LogP contribution in [-0.4, -0.2) is 55.0 Å². The van der Waals surface area contributed by atoms with E-state index in [9.17, 15) is 26.4 Å². The van der Waals surface area contributed by atoms with Gasteiger partial charge in [-0.15, -0.1) is 0 Å². The summed E-state index contributed by atoms with van der Waals surface area (Å²) >= 11 is 0. The number of aromatic amines is 1. The monoisotopic (exact) mass is 329 g/mol. The van der Waals surface area contributed by atoms with Crippen LogP contribution < -0.4 is 0 Å². The molecule has 21 heavy (non-hydrogen) atoms. The molecule has 7 nitrogen and oxygen atoms in total. The molecule has 0 atom stereocenters. The summed E-state index contributed by atoms with van der Waals surface area (Å²) in [5.41, 5.74) is 0. The summed E-state index contributed by atoms with van der Waals surface area (Å²) in [5.74, 6) is -0.563. The van der Waals surface area contributed by atoms with Crippen LogP contribution in [0.4, 0.5) is 13.2 Å². The molecule has 0 aliphatic heterocycles. The van der Waals surface area contributed by atoms with Crippen molar-refractivity contribution in [1.82, 2.24) is 14.3 Å². The van der Waals surface area contributed by atoms with Crippen LogP contribution in [0.25, 0.3) is 0 Å². The maximum Gasteiger partial charge on any atom is 0.402 e. The zero-order valence-corrected chi connectivity index (χ0v) is 12.1. The Morgan fingerprint density at radius 2 is 2.10 bits per heavy atom. The summed E-state index contributed by atoms with van der Waals surface area (Å²) in [4.78, 5) is 17.0. The van der Waals surface area contributed by atoms with Gasteiger partial charge < -0.3 is 9.72 Å². The topological polar surface area (TPSA) is 92.4 Å². The third-order valence-corrected chi connectivity index (χ3v) is 4.20. The lowest BCUT2D eigenvalue weighted by Gasteiger charge is -2.22. The van der Waals surface area contributed by atoms with Crippen LogP contribution >= 0.6 is 0 Å². The highest BCUT2D eigenvalue weighted by Crippen LogP contribution is 2.22. The highest BCUT2D eigenvalue weighted by molar-refractivity contribution is 7.89. The second kappa shape index (κ2) is 6.43. The van der Waals surface area contributed by atoms with Gasteiger partial charge in [-0.1, -0.05) is 0 Å². The average Bonchev–Trinajstić information content (AvgIpc) is 2.79. The molecule has 1 aromatic rings. The van der Waals surface area contributed by atoms with Gasteiger partial charge in [-0.05, 0) is 6.92 Å². The average molecular weight is 329 g/mol. The Morgan fingerprint density at radius 1 is 1.48 bits per heavy atom. The van der Waals surface area contributed by atoms with Gasteiger partial charge >= 0.3 is 12.1 Å². The number of methoxy groups -OCH3 is 1. The minimum Gasteiger partial charge on any atom is -0.469 e. The van der Waals surface area contributed by atoms with Crippen LogP contribution in [0.5, 0.6) is 0 Å². The fourth-order valence-corrected chi connectivity index (χ4v) is 2.86. The molecule has 120 valence electrons. The second-order valence-corrected chi connectivity index (χ2v) is 6.02. The minimum atomic E-state index is -4.74. The Balaban J connectivity index is 3.01. The fourth-order valence-electron chi connectivity index (χ4n) is 1.47. The molecular weight excluding hydrogens is 315 g/mol. The number of H-pyrrole nitrogens is 1. The van der Waals surface area contributed by atoms with Crippen molar-refractivity contribution in [3.63, 3.8) is 0 Å². The lowest BCUT2D eigenvalue weighted by Crippen LogP contribution is -2.40. The van der Waals surface area contributed by atoms with Crippen molar-refractivity contribution < 1.29 is 31.1 Å². The van der Waals surface area contributed by atoms with Gasteiger partial charge in [0.25, 0.3) is 10.0 Å². The summed E-state index contributed by atoms with van der Waals surface area (Å²) in [7, 11) is -3.37. The molecule has 0 aromatic carbocycles. The number of hydrogen-bond donors (Lipinski definition) is 1. The number of aromatic nitrogens is 2. The SMILES string of the molecule is COC(=O)CCN(CC(F)(F)F)S(=O)(=O)c1cnc(C)[nH]1. The standard InChI is InChI=1S/C10H14F3N3O4S/c1-7-14-5-8(15-7)21(18,19)16(6-10(11,12)13)4-3-9(17)20-2/h5H,3-4,6H2,1-2H3,(H,14,15). The lowest BCUT2D eigenvalue weighted by molar-refractivity contribution is -0.144. The number of esters is 1. The number of imidazole rings is 1. The zero-order valence-electron chi connectivity index (χ0n) is 11.3. The predicted octanol–water partition coefficient (Wildman–Crippen LogP) is 0.834. The maximum atomic E-state index is 12.5. The van der Waals surface area contributed by atoms with Crippen molar-refractivity contribution in [2.24, 2.45) is 0 Å². The normalized spacial score (nSPS) is 12.7. The smallest absolute Gasteiger partial charge is 0.402 e. The molecule has 1 aromatic heterocycles. The van der Waals surface area contributed by atoms with Crippen molar-refractivity contribution >= 4 is 16.0 Å². The van der Waals surface area contributed by atoms with Crippen LogP contribution in [0.3, 0.4) is 0 Å². The maximum absolute atomic E-state index is 12.5. The number of aryl methyl sites for hydroxylation is 1. The van der Waals surface area contributed by atoms with Crippen LogP contribution in [0.15, 0.2) is 11.2 Å². The van der Waals surface area contributed by atoms with E-state index in [1.54, 1.807) is 0 Å². The molecule has 0 saturated carbocycles. The van der Waals surface area contributed by atoms with E-state index in [4.69, 9.17) is 0 Å². The first-order valence-corrected chi connectivity index (χ1v) is 7.15. The van der Waals surface area contributed by atoms with Crippen molar-refractivity contribution in [3.8, 4) is 0 Å². The Hall–Kier alpha value is -1.62. The van der Waals surface area contributed by atoms with Gasteiger partial charge in [0, 0.05) is 6.54 Å². The lowest BCUT2D eigenvalue weighted by atomic mass is 10.4. The first-order chi connectivity index (χ1) is 9.56. The van der Waals surface area contributed by atoms with E-state index in [0.29, 0.717) is 0 Å². The van der Waals surface area contributed by atoms with Crippen LogP contribution in [0, 0.1) is 6.92 Å². The van der Waals surface area contributed by atoms with E-state index >= 15 is 0 Å². The van der Waals surface area contributed by atoms with Crippen LogP contribution in [0.2, 0.25) is 0 Å². The number of hydrogen-bond acceptors (Lipinski definition) is 5. The molecule has 0 radical (unpaired) electrons. The minimum absolute atomic E-state index is 0.164. The highest BCUT2D eigenvalue weighted by atomic mass is 32.2. The van der Waals surface area contributed by atoms with E-state index in [2.05, 4.69) is 14.7 Å². The Morgan fingerprint density at radius 3 is 2.52 bits per heavy atom. The molecule has 0 spiro atoms. The molecule has 11 heteroatoms. The Bertz CT molecular complexity index is 597. The number of rotatable bonds is 6. The molecular formula is C10H14F3N3O4S. The number of nitrogens with one attached hydrogen (secondary N) is 1. The largest absolute Gasteiger partial charge is 0.469 e. The molecule has 0 amide bonds. The van der Waals surface area contributed by atoms with Crippen molar-refractivity contribution in [1.29, 1.82) is 0 Å². The molecule has 0 unspecified atom stereocenters. The van der Waals surface area contributed by atoms with Gasteiger partial charge in [0.15, 0.2) is 5.03 Å². The molecule has 0 aliphatic rings. The Labute approximate surface area is 119 Å². The number of carbonyl (C=O) groups excluding carboxylic acids is 1. The van der Waals surface area contributed by atoms with E-state index in [1.807, 2.05) is 0 Å². The highest BCUT2D eigenvalue weighted by Gasteiger charge is 2.37. The molecule has 1 rings (SSSR count). The van der Waals surface area contributed by atoms with Gasteiger partial charge in [0.2, 0.25) is 0 Å². The number of nitrogens with zero attached hydrogens (tertiary/aromatic N) is 2. The third-order valence-electron chi connectivity index (χ3n) is 2.45. The first-order valence-electron chi connectivity index (χ1n) is 5.71. The van der Waals surface area contributed by atoms with Crippen LogP contribution in [0.1, 0.15) is 12.2 Å². The van der Waals surface area contributed by atoms with Gasteiger partial charge in [-0.3, -0.25) is 4.79 Å². The van der Waals surface area contributed by atoms with Gasteiger partial charge in [-0.2, -0.15) is 17.5 Å². The van der Waals surface area contributed by atoms with Crippen molar-refractivity contribution in [2.75, 3.05) is 20.2 Å². The summed E-state index contributed by atoms with van der Waals surface area (Å²) in [6.45, 7) is -0.890. The van der Waals surface area contributed by atoms with Gasteiger partial charge in [0.1, 0.15) is 12.4 Å². The fraction of sp³-hybridized carbons (Fsp3) is 0.600. The third kappa shape index (κ3) is 5.01. The molecule has 0 bridgehead atoms. The summed E-state index contributed by atoms with van der Waals surface area (Å²) in [5, 5.41) is -0.464. The summed E-state index contributed by atoms with van der Waals surface area (Å²) < 4.78 is 66.3.